The lowest BCUT2D eigenvalue weighted by atomic mass is 10.1. The van der Waals surface area contributed by atoms with Gasteiger partial charge in [-0.05, 0) is 41.6 Å². The Hall–Kier alpha value is -3.14. The van der Waals surface area contributed by atoms with Crippen LogP contribution in [0.15, 0.2) is 52.6 Å². The van der Waals surface area contributed by atoms with E-state index in [1.54, 1.807) is 19.3 Å². The molecular weight excluding hydrogens is 403 g/mol. The van der Waals surface area contributed by atoms with E-state index in [0.717, 1.165) is 28.9 Å². The number of nitrogens with one attached hydrogen (secondary N) is 1. The van der Waals surface area contributed by atoms with E-state index in [2.05, 4.69) is 20.4 Å². The van der Waals surface area contributed by atoms with Crippen LogP contribution in [0.1, 0.15) is 16.8 Å². The molecule has 10 heteroatoms. The Kier molecular flexibility index (Phi) is 4.87. The molecule has 3 heterocycles. The molecule has 1 aliphatic heterocycles. The molecule has 1 saturated heterocycles. The molecule has 0 unspecified atom stereocenters. The second kappa shape index (κ2) is 7.36. The Morgan fingerprint density at radius 3 is 2.90 bits per heavy atom. The fourth-order valence-electron chi connectivity index (χ4n) is 3.01. The number of benzene rings is 1. The molecule has 0 atom stereocenters. The van der Waals surface area contributed by atoms with Gasteiger partial charge >= 0.3 is 6.18 Å². The number of hydrogen-bond donors (Lipinski definition) is 1. The Morgan fingerprint density at radius 1 is 1.31 bits per heavy atom. The predicted octanol–water partition coefficient (Wildman–Crippen LogP) is 4.32. The molecule has 4 rings (SSSR count). The second-order valence-electron chi connectivity index (χ2n) is 6.25. The number of pyridine rings is 1. The van der Waals surface area contributed by atoms with Gasteiger partial charge in [-0.1, -0.05) is 12.1 Å². The van der Waals surface area contributed by atoms with E-state index in [4.69, 9.17) is 0 Å². The molecule has 1 aromatic carbocycles. The van der Waals surface area contributed by atoms with Crippen LogP contribution in [0, 0.1) is 0 Å². The maximum absolute atomic E-state index is 13.2. The SMILES string of the molecule is CN=C1NC(=O)S/C1=C\c1ccc2nn(Cc3cccnc3C(F)(F)F)cc2c1. The number of rotatable bonds is 3. The molecule has 0 aliphatic carbocycles. The van der Waals surface area contributed by atoms with Crippen LogP contribution in [-0.4, -0.2) is 32.9 Å². The highest BCUT2D eigenvalue weighted by atomic mass is 32.2. The molecule has 0 spiro atoms. The van der Waals surface area contributed by atoms with Gasteiger partial charge in [0.15, 0.2) is 0 Å². The molecule has 1 aliphatic rings. The summed E-state index contributed by atoms with van der Waals surface area (Å²) in [5, 5.41) is 7.58. The standard InChI is InChI=1S/C19H14F3N5OS/c1-23-17-15(29-18(28)25-17)8-11-4-5-14-13(7-11)10-27(26-14)9-12-3-2-6-24-16(12)19(20,21)22/h2-8,10H,9H2,1H3,(H,23,25,28)/b15-8-. The maximum atomic E-state index is 13.2. The van der Waals surface area contributed by atoms with Crippen LogP contribution in [0.4, 0.5) is 18.0 Å². The number of hydrogen-bond acceptors (Lipinski definition) is 5. The summed E-state index contributed by atoms with van der Waals surface area (Å²) < 4.78 is 40.9. The number of amidine groups is 1. The highest BCUT2D eigenvalue weighted by Gasteiger charge is 2.35. The van der Waals surface area contributed by atoms with E-state index in [1.165, 1.54) is 16.8 Å². The van der Waals surface area contributed by atoms with Crippen molar-refractivity contribution in [3.8, 4) is 0 Å². The van der Waals surface area contributed by atoms with Crippen LogP contribution >= 0.6 is 11.8 Å². The lowest BCUT2D eigenvalue weighted by Crippen LogP contribution is -2.18. The van der Waals surface area contributed by atoms with Crippen molar-refractivity contribution in [3.05, 3.63) is 64.5 Å². The summed E-state index contributed by atoms with van der Waals surface area (Å²) in [5.41, 5.74) is 0.620. The van der Waals surface area contributed by atoms with Gasteiger partial charge in [-0.3, -0.25) is 19.5 Å². The quantitative estimate of drug-likeness (QED) is 0.689. The summed E-state index contributed by atoms with van der Waals surface area (Å²) in [6.07, 6.45) is 0.112. The van der Waals surface area contributed by atoms with Gasteiger partial charge in [-0.25, -0.2) is 0 Å². The normalized spacial score (nSPS) is 17.4. The van der Waals surface area contributed by atoms with Crippen molar-refractivity contribution >= 4 is 39.8 Å². The van der Waals surface area contributed by atoms with Crippen molar-refractivity contribution in [2.24, 2.45) is 4.99 Å². The zero-order valence-electron chi connectivity index (χ0n) is 15.1. The molecule has 6 nitrogen and oxygen atoms in total. The van der Waals surface area contributed by atoms with Gasteiger partial charge in [0.25, 0.3) is 5.24 Å². The molecule has 1 N–H and O–H groups in total. The van der Waals surface area contributed by atoms with Gasteiger partial charge in [-0.2, -0.15) is 18.3 Å². The molecule has 29 heavy (non-hydrogen) atoms. The van der Waals surface area contributed by atoms with Crippen LogP contribution in [0.25, 0.3) is 17.0 Å². The van der Waals surface area contributed by atoms with Gasteiger partial charge < -0.3 is 5.32 Å². The van der Waals surface area contributed by atoms with Crippen molar-refractivity contribution in [2.45, 2.75) is 12.7 Å². The van der Waals surface area contributed by atoms with Crippen molar-refractivity contribution in [3.63, 3.8) is 0 Å². The Balaban J connectivity index is 1.64. The number of carbonyl (C=O) groups excluding carboxylic acids is 1. The molecule has 1 fully saturated rings. The minimum atomic E-state index is -4.52. The van der Waals surface area contributed by atoms with Crippen LogP contribution in [0.3, 0.4) is 0 Å². The minimum absolute atomic E-state index is 0.0469. The zero-order chi connectivity index (χ0) is 20.6. The monoisotopic (exact) mass is 417 g/mol. The number of fused-ring (bicyclic) bond motifs is 1. The fourth-order valence-corrected chi connectivity index (χ4v) is 3.79. The lowest BCUT2D eigenvalue weighted by molar-refractivity contribution is -0.141. The van der Waals surface area contributed by atoms with Crippen molar-refractivity contribution in [2.75, 3.05) is 7.05 Å². The van der Waals surface area contributed by atoms with Gasteiger partial charge in [0.1, 0.15) is 11.5 Å². The summed E-state index contributed by atoms with van der Waals surface area (Å²) in [4.78, 5) is 19.7. The first-order chi connectivity index (χ1) is 13.8. The van der Waals surface area contributed by atoms with Gasteiger partial charge in [0.2, 0.25) is 0 Å². The van der Waals surface area contributed by atoms with Crippen molar-refractivity contribution in [1.29, 1.82) is 0 Å². The number of aromatic nitrogens is 3. The average molecular weight is 417 g/mol. The fraction of sp³-hybridized carbons (Fsp3) is 0.158. The molecule has 3 aromatic rings. The van der Waals surface area contributed by atoms with E-state index in [-0.39, 0.29) is 17.3 Å². The predicted molar refractivity (Wildman–Crippen MR) is 106 cm³/mol. The third-order valence-corrected chi connectivity index (χ3v) is 5.06. The molecular formula is C19H14F3N5OS. The van der Waals surface area contributed by atoms with E-state index in [0.29, 0.717) is 16.3 Å². The highest BCUT2D eigenvalue weighted by molar-refractivity contribution is 8.18. The summed E-state index contributed by atoms with van der Waals surface area (Å²) in [6.45, 7) is -0.0469. The number of aliphatic imine (C=N–C) groups is 1. The summed E-state index contributed by atoms with van der Waals surface area (Å²) in [6, 6.07) is 8.33. The largest absolute Gasteiger partial charge is 0.433 e. The summed E-state index contributed by atoms with van der Waals surface area (Å²) in [7, 11) is 1.59. The number of nitrogens with zero attached hydrogens (tertiary/aromatic N) is 4. The number of thioether (sulfide) groups is 1. The molecule has 2 aromatic heterocycles. The van der Waals surface area contributed by atoms with E-state index in [1.807, 2.05) is 18.2 Å². The lowest BCUT2D eigenvalue weighted by Gasteiger charge is -2.11. The highest BCUT2D eigenvalue weighted by Crippen LogP contribution is 2.31. The third-order valence-electron chi connectivity index (χ3n) is 4.25. The van der Waals surface area contributed by atoms with Crippen molar-refractivity contribution < 1.29 is 18.0 Å². The van der Waals surface area contributed by atoms with Crippen LogP contribution in [-0.2, 0) is 12.7 Å². The van der Waals surface area contributed by atoms with E-state index >= 15 is 0 Å². The molecule has 148 valence electrons. The van der Waals surface area contributed by atoms with Gasteiger partial charge in [0.05, 0.1) is 17.0 Å². The topological polar surface area (TPSA) is 72.2 Å². The van der Waals surface area contributed by atoms with E-state index < -0.39 is 11.9 Å². The summed E-state index contributed by atoms with van der Waals surface area (Å²) >= 11 is 1.06. The zero-order valence-corrected chi connectivity index (χ0v) is 15.9. The Labute approximate surface area is 167 Å². The number of amides is 1. The maximum Gasteiger partial charge on any atom is 0.433 e. The van der Waals surface area contributed by atoms with Crippen LogP contribution in [0.5, 0.6) is 0 Å². The van der Waals surface area contributed by atoms with Gasteiger partial charge in [0, 0.05) is 30.4 Å². The van der Waals surface area contributed by atoms with Gasteiger partial charge in [-0.15, -0.1) is 0 Å². The average Bonchev–Trinajstić information content (AvgIpc) is 3.23. The number of alkyl halides is 3. The first-order valence-corrected chi connectivity index (χ1v) is 9.31. The Bertz CT molecular complexity index is 1170. The molecule has 0 radical (unpaired) electrons. The minimum Gasteiger partial charge on any atom is -0.300 e. The second-order valence-corrected chi connectivity index (χ2v) is 7.26. The third kappa shape index (κ3) is 4.02. The molecule has 0 bridgehead atoms. The van der Waals surface area contributed by atoms with E-state index in [9.17, 15) is 18.0 Å². The number of carbonyl (C=O) groups is 1. The Morgan fingerprint density at radius 2 is 2.14 bits per heavy atom. The van der Waals surface area contributed by atoms with Crippen molar-refractivity contribution in [1.82, 2.24) is 20.1 Å². The molecule has 1 amide bonds. The number of halogens is 3. The smallest absolute Gasteiger partial charge is 0.300 e. The van der Waals surface area contributed by atoms with Crippen LogP contribution < -0.4 is 5.32 Å². The first-order valence-electron chi connectivity index (χ1n) is 8.49. The summed E-state index contributed by atoms with van der Waals surface area (Å²) in [5.74, 6) is 0.507. The molecule has 0 saturated carbocycles. The van der Waals surface area contributed by atoms with Crippen LogP contribution in [0.2, 0.25) is 0 Å². The first kappa shape index (κ1) is 19.2.